The van der Waals surface area contributed by atoms with Gasteiger partial charge in [0.2, 0.25) is 0 Å². The minimum atomic E-state index is -0.0227. The number of allylic oxidation sites excluding steroid dienone is 12. The Morgan fingerprint density at radius 2 is 1.19 bits per heavy atom. The fourth-order valence-corrected chi connectivity index (χ4v) is 24.3. The highest BCUT2D eigenvalue weighted by molar-refractivity contribution is 6.19. The van der Waals surface area contributed by atoms with Crippen LogP contribution in [0.25, 0.3) is 11.1 Å². The number of rotatable bonds is 5. The predicted octanol–water partition coefficient (Wildman–Crippen LogP) is 9.14. The summed E-state index contributed by atoms with van der Waals surface area (Å²) < 4.78 is 5.30. The maximum absolute atomic E-state index is 12.8. The lowest BCUT2D eigenvalue weighted by Crippen LogP contribution is -2.46. The molecule has 21 atom stereocenters. The Labute approximate surface area is 314 Å². The van der Waals surface area contributed by atoms with E-state index in [4.69, 9.17) is 4.74 Å². The van der Waals surface area contributed by atoms with Gasteiger partial charge in [-0.05, 0) is 187 Å². The molecule has 0 aliphatic heterocycles. The molecule has 2 nitrogen and oxygen atoms in total. The molecule has 18 aliphatic carbocycles. The van der Waals surface area contributed by atoms with E-state index >= 15 is 0 Å². The van der Waals surface area contributed by atoms with E-state index in [1.807, 2.05) is 55.7 Å². The van der Waals surface area contributed by atoms with E-state index in [9.17, 15) is 4.79 Å². The number of esters is 1. The molecular formula is C52H40O2. The fourth-order valence-electron chi connectivity index (χ4n) is 24.3. The van der Waals surface area contributed by atoms with Crippen molar-refractivity contribution in [3.8, 4) is 0 Å². The van der Waals surface area contributed by atoms with Gasteiger partial charge in [-0.25, -0.2) is 0 Å². The Kier molecular flexibility index (Phi) is 3.06. The number of carbonyl (C=O) groups excluding carboxylic acids is 1. The van der Waals surface area contributed by atoms with E-state index < -0.39 is 0 Å². The van der Waals surface area contributed by atoms with E-state index in [0.717, 1.165) is 83.9 Å². The number of ether oxygens (including phenoxy) is 1. The van der Waals surface area contributed by atoms with Gasteiger partial charge in [0, 0.05) is 33.5 Å². The Bertz CT molecular complexity index is 2810. The zero-order valence-electron chi connectivity index (χ0n) is 30.4. The monoisotopic (exact) mass is 696 g/mol. The summed E-state index contributed by atoms with van der Waals surface area (Å²) in [7, 11) is 1.59. The highest BCUT2D eigenvalue weighted by Gasteiger charge is 3.32. The number of hydrogen-bond acceptors (Lipinski definition) is 2. The fraction of sp³-hybridized carbons (Fsp3) is 0.519. The number of benzene rings is 2. The van der Waals surface area contributed by atoms with E-state index in [2.05, 4.69) is 77.9 Å². The average Bonchev–Trinajstić information content (AvgIpc) is 3.59. The van der Waals surface area contributed by atoms with Gasteiger partial charge >= 0.3 is 5.97 Å². The summed E-state index contributed by atoms with van der Waals surface area (Å²) >= 11 is 0. The van der Waals surface area contributed by atoms with Crippen LogP contribution >= 0.6 is 0 Å². The van der Waals surface area contributed by atoms with Gasteiger partial charge in [-0.15, -0.1) is 0 Å². The Balaban J connectivity index is 0.987. The highest BCUT2D eigenvalue weighted by Crippen LogP contribution is 3.32. The lowest BCUT2D eigenvalue weighted by Gasteiger charge is -2.53. The van der Waals surface area contributed by atoms with Gasteiger partial charge in [0.25, 0.3) is 0 Å². The summed E-state index contributed by atoms with van der Waals surface area (Å²) in [5, 5.41) is 0. The lowest BCUT2D eigenvalue weighted by molar-refractivity contribution is -0.140. The number of methoxy groups -OCH3 is 1. The summed E-state index contributed by atoms with van der Waals surface area (Å²) in [6.07, 6.45) is 22.7. The van der Waals surface area contributed by atoms with Crippen molar-refractivity contribution in [2.45, 2.75) is 61.2 Å². The molecule has 54 heavy (non-hydrogen) atoms. The van der Waals surface area contributed by atoms with Gasteiger partial charge < -0.3 is 4.74 Å². The quantitative estimate of drug-likeness (QED) is 0.230. The molecular weight excluding hydrogens is 657 g/mol. The van der Waals surface area contributed by atoms with Gasteiger partial charge in [-0.1, -0.05) is 72.4 Å². The molecule has 0 aromatic heterocycles. The van der Waals surface area contributed by atoms with Crippen LogP contribution in [-0.2, 0) is 14.9 Å². The van der Waals surface area contributed by atoms with E-state index in [1.165, 1.54) is 12.8 Å². The van der Waals surface area contributed by atoms with Crippen molar-refractivity contribution < 1.29 is 9.53 Å². The predicted molar refractivity (Wildman–Crippen MR) is 201 cm³/mol. The second-order valence-corrected chi connectivity index (χ2v) is 22.3. The van der Waals surface area contributed by atoms with Crippen LogP contribution in [0.2, 0.25) is 0 Å². The van der Waals surface area contributed by atoms with Gasteiger partial charge in [-0.2, -0.15) is 0 Å². The third-order valence-corrected chi connectivity index (χ3v) is 23.3. The van der Waals surface area contributed by atoms with Crippen molar-refractivity contribution in [3.05, 3.63) is 128 Å². The molecule has 0 radical (unpaired) electrons. The normalized spacial score (nSPS) is 60.8. The van der Waals surface area contributed by atoms with Crippen LogP contribution in [0.1, 0.15) is 94.7 Å². The molecule has 21 unspecified atom stereocenters. The molecule has 7 saturated carbocycles. The molecule has 0 bridgehead atoms. The molecule has 0 heterocycles. The van der Waals surface area contributed by atoms with E-state index in [-0.39, 0.29) is 11.4 Å². The zero-order chi connectivity index (χ0) is 33.8. The molecule has 2 aromatic rings. The minimum Gasteiger partial charge on any atom is -0.469 e. The molecule has 0 N–H and O–H groups in total. The third-order valence-electron chi connectivity index (χ3n) is 23.3. The lowest BCUT2D eigenvalue weighted by atomic mass is 9.49. The van der Waals surface area contributed by atoms with Crippen molar-refractivity contribution in [1.82, 2.24) is 0 Å². The number of carbonyl (C=O) groups is 1. The smallest absolute Gasteiger partial charge is 0.305 e. The van der Waals surface area contributed by atoms with Gasteiger partial charge in [-0.3, -0.25) is 4.79 Å². The van der Waals surface area contributed by atoms with E-state index in [0.29, 0.717) is 51.8 Å². The molecule has 18 aliphatic rings. The average molecular weight is 697 g/mol. The first-order chi connectivity index (χ1) is 26.7. The van der Waals surface area contributed by atoms with Crippen molar-refractivity contribution in [2.75, 3.05) is 7.11 Å². The standard InChI is InChI=1S/C52H40O2/c1-54-27(53)8-5-17-48(18-6-3-2-4-7-18)51-46-25-15-13-23-21-11-9-19-20-10-12-22-24-14-16-26-35-33(24)38-31(22)29(20)36-28(19)30(21)37-32(23)34(25)44-42-40(37)39(36)41(38)43(42)45(35)50(49(44,46)51)47(26)52(48,50)51/h2-4,6-7,9,11,13-16,19-26,28,30,32-35,46-47H,5,8,10,12,17H2,1H3. The van der Waals surface area contributed by atoms with E-state index in [1.54, 1.807) is 12.7 Å². The highest BCUT2D eigenvalue weighted by atomic mass is 16.5. The van der Waals surface area contributed by atoms with Crippen LogP contribution in [0.3, 0.4) is 0 Å². The molecule has 20 rings (SSSR count). The summed E-state index contributed by atoms with van der Waals surface area (Å²) in [6, 6.07) is 12.1. The van der Waals surface area contributed by atoms with Crippen molar-refractivity contribution in [3.63, 3.8) is 0 Å². The zero-order valence-corrected chi connectivity index (χ0v) is 30.4. The first-order valence-electron chi connectivity index (χ1n) is 22.4. The minimum absolute atomic E-state index is 0.0227. The van der Waals surface area contributed by atoms with Crippen molar-refractivity contribution >= 4 is 17.1 Å². The molecule has 4 spiro atoms. The summed E-state index contributed by atoms with van der Waals surface area (Å²) in [5.74, 6) is 11.7. The molecule has 2 aromatic carbocycles. The summed E-state index contributed by atoms with van der Waals surface area (Å²) in [4.78, 5) is 12.8. The summed E-state index contributed by atoms with van der Waals surface area (Å²) in [6.45, 7) is 0. The van der Waals surface area contributed by atoms with Gasteiger partial charge in [0.05, 0.1) is 7.11 Å². The Hall–Kier alpha value is -3.65. The Morgan fingerprint density at radius 3 is 1.85 bits per heavy atom. The van der Waals surface area contributed by atoms with Crippen LogP contribution in [0, 0.1) is 92.7 Å². The Morgan fingerprint density at radius 1 is 0.630 bits per heavy atom. The van der Waals surface area contributed by atoms with Crippen LogP contribution in [0.4, 0.5) is 0 Å². The first kappa shape index (κ1) is 25.5. The molecule has 0 saturated heterocycles. The molecule has 2 heteroatoms. The van der Waals surface area contributed by atoms with Crippen LogP contribution < -0.4 is 0 Å². The third kappa shape index (κ3) is 1.56. The number of hydrogen-bond donors (Lipinski definition) is 0. The maximum atomic E-state index is 12.8. The van der Waals surface area contributed by atoms with Gasteiger partial charge in [0.1, 0.15) is 0 Å². The number of fused-ring (bicyclic) bond motifs is 5. The topological polar surface area (TPSA) is 26.3 Å². The SMILES string of the molecule is COC(=O)CCCC1(c2ccccc2)C23C4C5C=CC6C7C=CC8C9CCC%10c%11c9c9c%12c%13c%11C%11C%10C=CC%10C%11C%11=C%13C%13=C(C5C6C(=C%13%12)C7C98)C42C%112C%10C123. The molecule has 260 valence electrons. The van der Waals surface area contributed by atoms with Crippen molar-refractivity contribution in [2.24, 2.45) is 92.7 Å². The summed E-state index contributed by atoms with van der Waals surface area (Å²) in [5.41, 5.74) is 26.7. The van der Waals surface area contributed by atoms with Gasteiger partial charge in [0.15, 0.2) is 0 Å². The maximum Gasteiger partial charge on any atom is 0.305 e. The molecule has 7 fully saturated rings. The molecule has 0 amide bonds. The van der Waals surface area contributed by atoms with Crippen molar-refractivity contribution in [1.29, 1.82) is 0 Å². The second kappa shape index (κ2) is 6.49. The first-order valence-corrected chi connectivity index (χ1v) is 22.4. The van der Waals surface area contributed by atoms with Crippen LogP contribution in [0.5, 0.6) is 0 Å². The second-order valence-electron chi connectivity index (χ2n) is 22.3. The van der Waals surface area contributed by atoms with Crippen LogP contribution in [0.15, 0.2) is 89.1 Å². The van der Waals surface area contributed by atoms with Crippen LogP contribution in [-0.4, -0.2) is 13.1 Å². The largest absolute Gasteiger partial charge is 0.469 e.